The molecule has 5 aromatic rings. The molecular formula is C52H60Cl2N10O6. The number of amides is 4. The summed E-state index contributed by atoms with van der Waals surface area (Å²) in [6, 6.07) is 21.6. The number of hydrogen-bond acceptors (Lipinski definition) is 10. The molecule has 0 bridgehead atoms. The summed E-state index contributed by atoms with van der Waals surface area (Å²) in [5.74, 6) is 13.2. The lowest BCUT2D eigenvalue weighted by molar-refractivity contribution is -0.135. The highest BCUT2D eigenvalue weighted by Crippen LogP contribution is 2.36. The number of benzene rings is 3. The maximum atomic E-state index is 14.0. The second-order valence-corrected chi connectivity index (χ2v) is 17.7. The van der Waals surface area contributed by atoms with E-state index in [4.69, 9.17) is 14.5 Å². The molecule has 3 aromatic carbocycles. The normalized spacial score (nSPS) is 17.4. The van der Waals surface area contributed by atoms with Crippen LogP contribution in [0, 0.1) is 29.6 Å². The van der Waals surface area contributed by atoms with Gasteiger partial charge in [0, 0.05) is 56.1 Å². The van der Waals surface area contributed by atoms with Crippen LogP contribution in [0.3, 0.4) is 0 Å². The van der Waals surface area contributed by atoms with Crippen LogP contribution in [-0.4, -0.2) is 125 Å². The number of carbonyl (C=O) groups is 4. The maximum Gasteiger partial charge on any atom is 0.407 e. The number of hydrogen-bond donors (Lipinski definition) is 4. The number of carbonyl (C=O) groups excluding carboxylic acids is 4. The van der Waals surface area contributed by atoms with E-state index in [-0.39, 0.29) is 54.6 Å². The summed E-state index contributed by atoms with van der Waals surface area (Å²) in [5, 5.41) is 5.42. The van der Waals surface area contributed by atoms with Gasteiger partial charge in [0.15, 0.2) is 0 Å². The molecule has 16 nitrogen and oxygen atoms in total. The number of imidazole rings is 2. The van der Waals surface area contributed by atoms with E-state index < -0.39 is 24.3 Å². The highest BCUT2D eigenvalue weighted by molar-refractivity contribution is 5.88. The Morgan fingerprint density at radius 3 is 1.96 bits per heavy atom. The number of nitrogens with one attached hydrogen (secondary N) is 4. The van der Waals surface area contributed by atoms with Crippen LogP contribution in [0.25, 0.3) is 22.4 Å². The molecule has 2 aromatic heterocycles. The third-order valence-electron chi connectivity index (χ3n) is 12.9. The van der Waals surface area contributed by atoms with E-state index in [1.807, 2.05) is 44.2 Å². The van der Waals surface area contributed by atoms with Gasteiger partial charge in [-0.15, -0.1) is 24.8 Å². The quantitative estimate of drug-likeness (QED) is 0.0984. The van der Waals surface area contributed by atoms with Crippen molar-refractivity contribution in [2.75, 3.05) is 65.4 Å². The van der Waals surface area contributed by atoms with E-state index in [1.165, 1.54) is 19.9 Å². The third-order valence-corrected chi connectivity index (χ3v) is 12.9. The first kappa shape index (κ1) is 52.4. The zero-order valence-electron chi connectivity index (χ0n) is 40.0. The maximum absolute atomic E-state index is 14.0. The summed E-state index contributed by atoms with van der Waals surface area (Å²) in [6.45, 7) is 8.82. The summed E-state index contributed by atoms with van der Waals surface area (Å²) >= 11 is 0. The lowest BCUT2D eigenvalue weighted by atomic mass is 9.96. The largest absolute Gasteiger partial charge is 0.453 e. The number of anilines is 1. The monoisotopic (exact) mass is 990 g/mol. The zero-order chi connectivity index (χ0) is 47.7. The first-order valence-corrected chi connectivity index (χ1v) is 23.2. The van der Waals surface area contributed by atoms with Crippen LogP contribution >= 0.6 is 24.8 Å². The molecule has 8 rings (SSSR count). The fraction of sp³-hybridized carbons (Fsp3) is 0.385. The average molecular weight is 992 g/mol. The van der Waals surface area contributed by atoms with Crippen molar-refractivity contribution in [2.45, 2.75) is 63.7 Å². The van der Waals surface area contributed by atoms with Gasteiger partial charge in [-0.25, -0.2) is 19.6 Å². The summed E-state index contributed by atoms with van der Waals surface area (Å²) < 4.78 is 9.65. The summed E-state index contributed by atoms with van der Waals surface area (Å²) in [7, 11) is 4.71. The molecule has 4 N–H and O–H groups in total. The Kier molecular flexibility index (Phi) is 18.0. The molecule has 4 amide bonds. The van der Waals surface area contributed by atoms with Crippen molar-refractivity contribution < 1.29 is 28.7 Å². The van der Waals surface area contributed by atoms with E-state index >= 15 is 0 Å². The molecule has 0 saturated carbocycles. The van der Waals surface area contributed by atoms with E-state index in [1.54, 1.807) is 34.3 Å². The Bertz CT molecular complexity index is 2730. The van der Waals surface area contributed by atoms with E-state index in [2.05, 4.69) is 96.4 Å². The summed E-state index contributed by atoms with van der Waals surface area (Å²) in [6.07, 6.45) is 5.16. The second-order valence-electron chi connectivity index (χ2n) is 17.7. The number of H-pyrrole nitrogens is 2. The number of likely N-dealkylation sites (N-methyl/N-ethyl adjacent to an activating group) is 1. The molecule has 3 aliphatic heterocycles. The van der Waals surface area contributed by atoms with Crippen LogP contribution in [0.2, 0.25) is 0 Å². The number of aromatic nitrogens is 4. The minimum Gasteiger partial charge on any atom is -0.453 e. The van der Waals surface area contributed by atoms with E-state index in [0.717, 1.165) is 73.4 Å². The van der Waals surface area contributed by atoms with Gasteiger partial charge in [-0.05, 0) is 97.4 Å². The predicted octanol–water partition coefficient (Wildman–Crippen LogP) is 7.27. The average Bonchev–Trinajstić information content (AvgIpc) is 4.22. The fourth-order valence-electron chi connectivity index (χ4n) is 9.18. The van der Waals surface area contributed by atoms with Crippen LogP contribution in [0.15, 0.2) is 85.2 Å². The van der Waals surface area contributed by atoms with E-state index in [9.17, 15) is 19.2 Å². The number of nitrogens with zero attached hydrogens (tertiary/aromatic N) is 6. The van der Waals surface area contributed by atoms with Gasteiger partial charge < -0.3 is 49.7 Å². The van der Waals surface area contributed by atoms with Crippen molar-refractivity contribution in [3.05, 3.63) is 114 Å². The second kappa shape index (κ2) is 24.0. The van der Waals surface area contributed by atoms with Crippen LogP contribution in [0.5, 0.6) is 0 Å². The number of halogens is 2. The van der Waals surface area contributed by atoms with Gasteiger partial charge in [-0.1, -0.05) is 68.3 Å². The van der Waals surface area contributed by atoms with Crippen molar-refractivity contribution in [3.8, 4) is 46.1 Å². The standard InChI is InChI=1S/C52H58N10O6.2ClH/c1-34(2)45(57-51(65)67-4)49(63)61-25-12-18-44(61)48-54-33-42(56-48)38-20-19-35(41(31-38)36-21-23-40(24-22-36)60-29-27-59(3)28-30-60)13-9-10-16-39-32-53-47(55-39)43-17-11-26-62(43)50(64)46(58-52(66)68-5)37-14-7-6-8-15-37;;/h6-8,14-15,19-24,31-34,43-46H,11-12,17-18,25-30H2,1-5H3,(H,53,55)(H,54,56)(H,57,65)(H,58,66);2*1H/t43-,44-,45-,46+;;/m0../s1. The fourth-order valence-corrected chi connectivity index (χ4v) is 9.18. The summed E-state index contributed by atoms with van der Waals surface area (Å²) in [5.41, 5.74) is 6.81. The van der Waals surface area contributed by atoms with Crippen LogP contribution in [0.4, 0.5) is 15.3 Å². The number of rotatable bonds is 11. The first-order chi connectivity index (χ1) is 33.0. The van der Waals surface area contributed by atoms with Crippen molar-refractivity contribution in [1.29, 1.82) is 0 Å². The SMILES string of the molecule is COC(=O)N[C@H](C(=O)N1CCC[C@H]1c1ncc(-c2ccc(C#CC#Cc3cnc([C@@H]4CCCN4C(=O)[C@H](NC(=O)OC)c4ccccc4)[nH]3)c(-c3ccc(N4CCN(C)CC4)cc3)c2)[nH]1)C(C)C.Cl.Cl. The van der Waals surface area contributed by atoms with Crippen LogP contribution in [0.1, 0.15) is 86.1 Å². The van der Waals surface area contributed by atoms with Gasteiger partial charge >= 0.3 is 12.2 Å². The third kappa shape index (κ3) is 12.1. The molecule has 4 atom stereocenters. The number of likely N-dealkylation sites (tertiary alicyclic amines) is 2. The Balaban J connectivity index is 0.00000402. The highest BCUT2D eigenvalue weighted by Gasteiger charge is 2.39. The molecule has 368 valence electrons. The number of methoxy groups -OCH3 is 2. The molecule has 5 heterocycles. The topological polar surface area (TPSA) is 181 Å². The van der Waals surface area contributed by atoms with Crippen molar-refractivity contribution in [2.24, 2.45) is 5.92 Å². The molecule has 3 aliphatic rings. The predicted molar refractivity (Wildman–Crippen MR) is 272 cm³/mol. The lowest BCUT2D eigenvalue weighted by Crippen LogP contribution is -2.51. The van der Waals surface area contributed by atoms with Crippen LogP contribution < -0.4 is 15.5 Å². The Morgan fingerprint density at radius 1 is 0.700 bits per heavy atom. The Hall–Kier alpha value is -6.98. The Labute approximate surface area is 421 Å². The lowest BCUT2D eigenvalue weighted by Gasteiger charge is -2.34. The molecule has 3 saturated heterocycles. The molecule has 0 radical (unpaired) electrons. The molecule has 70 heavy (non-hydrogen) atoms. The van der Waals surface area contributed by atoms with Gasteiger partial charge in [-0.2, -0.15) is 0 Å². The van der Waals surface area contributed by atoms with Crippen LogP contribution in [-0.2, 0) is 19.1 Å². The van der Waals surface area contributed by atoms with Crippen molar-refractivity contribution >= 4 is 54.5 Å². The number of aromatic amines is 2. The minimum atomic E-state index is -0.915. The van der Waals surface area contributed by atoms with Gasteiger partial charge in [0.2, 0.25) is 5.91 Å². The molecule has 0 unspecified atom stereocenters. The smallest absolute Gasteiger partial charge is 0.407 e. The molecule has 18 heteroatoms. The first-order valence-electron chi connectivity index (χ1n) is 23.2. The molecule has 0 aliphatic carbocycles. The molecule has 0 spiro atoms. The summed E-state index contributed by atoms with van der Waals surface area (Å²) in [4.78, 5) is 76.7. The van der Waals surface area contributed by atoms with Crippen molar-refractivity contribution in [1.82, 2.24) is 45.3 Å². The number of piperazine rings is 1. The Morgan fingerprint density at radius 2 is 1.30 bits per heavy atom. The van der Waals surface area contributed by atoms with E-state index in [0.29, 0.717) is 42.4 Å². The highest BCUT2D eigenvalue weighted by atomic mass is 35.5. The minimum absolute atomic E-state index is 0. The van der Waals surface area contributed by atoms with Gasteiger partial charge in [0.25, 0.3) is 5.91 Å². The zero-order valence-corrected chi connectivity index (χ0v) is 41.6. The number of alkyl carbamates (subject to hydrolysis) is 2. The number of ether oxygens (including phenoxy) is 2. The van der Waals surface area contributed by atoms with Crippen molar-refractivity contribution in [3.63, 3.8) is 0 Å². The molecule has 3 fully saturated rings. The van der Waals surface area contributed by atoms with Gasteiger partial charge in [-0.3, -0.25) is 9.59 Å². The molecular weight excluding hydrogens is 932 g/mol. The van der Waals surface area contributed by atoms with Gasteiger partial charge in [0.05, 0.1) is 44.4 Å². The van der Waals surface area contributed by atoms with Gasteiger partial charge in [0.1, 0.15) is 29.4 Å².